The molecule has 0 aromatic carbocycles. The van der Waals surface area contributed by atoms with Crippen molar-refractivity contribution in [2.24, 2.45) is 0 Å². The molecule has 0 atom stereocenters. The third-order valence-corrected chi connectivity index (χ3v) is 4.40. The molecule has 0 radical (unpaired) electrons. The van der Waals surface area contributed by atoms with Gasteiger partial charge >= 0.3 is 6.18 Å². The van der Waals surface area contributed by atoms with Crippen LogP contribution in [0.25, 0.3) is 11.2 Å². The van der Waals surface area contributed by atoms with Crippen molar-refractivity contribution in [2.45, 2.75) is 31.6 Å². The summed E-state index contributed by atoms with van der Waals surface area (Å²) in [6.45, 7) is 0.436. The van der Waals surface area contributed by atoms with Gasteiger partial charge in [-0.2, -0.15) is 13.2 Å². The van der Waals surface area contributed by atoms with Crippen LogP contribution in [0, 0.1) is 0 Å². The number of nitrogens with one attached hydrogen (secondary N) is 1. The molecule has 1 N–H and O–H groups in total. The zero-order valence-corrected chi connectivity index (χ0v) is 12.7. The molecule has 3 aromatic rings. The number of alkyl halides is 3. The van der Waals surface area contributed by atoms with E-state index in [2.05, 4.69) is 20.3 Å². The Morgan fingerprint density at radius 3 is 2.78 bits per heavy atom. The molecule has 4 rings (SSSR count). The van der Waals surface area contributed by atoms with Gasteiger partial charge in [-0.05, 0) is 24.3 Å². The third kappa shape index (κ3) is 2.88. The number of anilines is 1. The number of nitrogens with zero attached hydrogens (tertiary/aromatic N) is 4. The van der Waals surface area contributed by atoms with E-state index in [1.807, 2.05) is 17.5 Å². The lowest BCUT2D eigenvalue weighted by molar-refractivity contribution is -0.144. The van der Waals surface area contributed by atoms with Crippen molar-refractivity contribution < 1.29 is 13.2 Å². The summed E-state index contributed by atoms with van der Waals surface area (Å²) in [6.07, 6.45) is -1.21. The van der Waals surface area contributed by atoms with Crippen LogP contribution in [0.2, 0.25) is 0 Å². The number of aromatic nitrogens is 4. The first-order valence-corrected chi connectivity index (χ1v) is 7.97. The molecule has 120 valence electrons. The maximum Gasteiger partial charge on any atom is 0.451 e. The van der Waals surface area contributed by atoms with Gasteiger partial charge < -0.3 is 9.88 Å². The summed E-state index contributed by atoms with van der Waals surface area (Å²) < 4.78 is 40.9. The first-order chi connectivity index (χ1) is 11.0. The van der Waals surface area contributed by atoms with Crippen LogP contribution in [0.1, 0.15) is 23.5 Å². The third-order valence-electron chi connectivity index (χ3n) is 3.54. The van der Waals surface area contributed by atoms with Gasteiger partial charge in [0.2, 0.25) is 5.82 Å². The monoisotopic (exact) mass is 339 g/mol. The van der Waals surface area contributed by atoms with E-state index >= 15 is 0 Å². The highest BCUT2D eigenvalue weighted by molar-refractivity contribution is 7.09. The minimum Gasteiger partial charge on any atom is -0.365 e. The van der Waals surface area contributed by atoms with Crippen LogP contribution in [-0.4, -0.2) is 25.6 Å². The zero-order chi connectivity index (χ0) is 16.0. The number of thiophene rings is 1. The topological polar surface area (TPSA) is 55.6 Å². The molecule has 3 heterocycles. The van der Waals surface area contributed by atoms with Crippen LogP contribution in [0.3, 0.4) is 0 Å². The van der Waals surface area contributed by atoms with Crippen molar-refractivity contribution in [3.63, 3.8) is 0 Å². The molecular weight excluding hydrogens is 327 g/mol. The zero-order valence-electron chi connectivity index (χ0n) is 11.8. The van der Waals surface area contributed by atoms with Crippen molar-refractivity contribution in [3.8, 4) is 0 Å². The van der Waals surface area contributed by atoms with E-state index in [1.165, 1.54) is 17.7 Å². The maximum absolute atomic E-state index is 13.1. The van der Waals surface area contributed by atoms with Crippen molar-refractivity contribution >= 4 is 28.3 Å². The Balaban J connectivity index is 1.82. The van der Waals surface area contributed by atoms with Crippen molar-refractivity contribution in [3.05, 3.63) is 34.5 Å². The van der Waals surface area contributed by atoms with Crippen LogP contribution >= 0.6 is 11.3 Å². The van der Waals surface area contributed by atoms with Gasteiger partial charge in [0.25, 0.3) is 0 Å². The lowest BCUT2D eigenvalue weighted by atomic mass is 10.4. The van der Waals surface area contributed by atoms with Gasteiger partial charge in [-0.1, -0.05) is 6.07 Å². The van der Waals surface area contributed by atoms with Crippen LogP contribution < -0.4 is 5.32 Å². The molecule has 0 unspecified atom stereocenters. The number of imidazole rings is 1. The Labute approximate surface area is 133 Å². The molecule has 1 aliphatic rings. The molecule has 9 heteroatoms. The normalized spacial score (nSPS) is 15.3. The van der Waals surface area contributed by atoms with E-state index in [4.69, 9.17) is 0 Å². The average Bonchev–Trinajstić information content (AvgIpc) is 2.99. The van der Waals surface area contributed by atoms with Crippen LogP contribution in [-0.2, 0) is 12.7 Å². The number of halogens is 3. The quantitative estimate of drug-likeness (QED) is 0.790. The maximum atomic E-state index is 13.1. The van der Waals surface area contributed by atoms with Gasteiger partial charge in [-0.15, -0.1) is 11.3 Å². The largest absolute Gasteiger partial charge is 0.451 e. The summed E-state index contributed by atoms with van der Waals surface area (Å²) in [5, 5.41) is 4.94. The van der Waals surface area contributed by atoms with Crippen LogP contribution in [0.15, 0.2) is 23.8 Å². The molecule has 0 saturated heterocycles. The van der Waals surface area contributed by atoms with E-state index in [1.54, 1.807) is 4.57 Å². The standard InChI is InChI=1S/C14H12F3N5S/c15-14(16,17)13-20-11(19-8-3-4-8)10-12(21-13)22(7-18-10)6-9-2-1-5-23-9/h1-2,5,7-8H,3-4,6H2,(H,19,20,21). The minimum atomic E-state index is -4.59. The fraction of sp³-hybridized carbons (Fsp3) is 0.357. The highest BCUT2D eigenvalue weighted by Gasteiger charge is 2.37. The van der Waals surface area contributed by atoms with E-state index in [0.29, 0.717) is 12.1 Å². The lowest BCUT2D eigenvalue weighted by Crippen LogP contribution is -2.15. The average molecular weight is 339 g/mol. The Morgan fingerprint density at radius 2 is 2.13 bits per heavy atom. The summed E-state index contributed by atoms with van der Waals surface area (Å²) in [6, 6.07) is 4.00. The van der Waals surface area contributed by atoms with Crippen LogP contribution in [0.4, 0.5) is 19.0 Å². The summed E-state index contributed by atoms with van der Waals surface area (Å²) in [7, 11) is 0. The van der Waals surface area contributed by atoms with Crippen molar-refractivity contribution in [1.29, 1.82) is 0 Å². The van der Waals surface area contributed by atoms with Gasteiger partial charge in [-0.3, -0.25) is 0 Å². The second-order valence-corrected chi connectivity index (χ2v) is 6.47. The van der Waals surface area contributed by atoms with E-state index in [0.717, 1.165) is 17.7 Å². The molecule has 0 bridgehead atoms. The van der Waals surface area contributed by atoms with Gasteiger partial charge in [-0.25, -0.2) is 15.0 Å². The molecule has 1 saturated carbocycles. The summed E-state index contributed by atoms with van der Waals surface area (Å²) in [5.74, 6) is -0.976. The van der Waals surface area contributed by atoms with Gasteiger partial charge in [0, 0.05) is 10.9 Å². The number of fused-ring (bicyclic) bond motifs is 1. The minimum absolute atomic E-state index is 0.162. The fourth-order valence-electron chi connectivity index (χ4n) is 2.28. The molecule has 1 aliphatic carbocycles. The summed E-state index contributed by atoms with van der Waals surface area (Å²) in [4.78, 5) is 12.6. The van der Waals surface area contributed by atoms with Gasteiger partial charge in [0.15, 0.2) is 11.5 Å². The first-order valence-electron chi connectivity index (χ1n) is 7.10. The van der Waals surface area contributed by atoms with E-state index in [9.17, 15) is 13.2 Å². The molecule has 0 amide bonds. The van der Waals surface area contributed by atoms with Gasteiger partial charge in [0.1, 0.15) is 5.52 Å². The Hall–Kier alpha value is -2.16. The fourth-order valence-corrected chi connectivity index (χ4v) is 2.98. The molecular formula is C14H12F3N5S. The van der Waals surface area contributed by atoms with Crippen LogP contribution in [0.5, 0.6) is 0 Å². The molecule has 0 spiro atoms. The molecule has 0 aliphatic heterocycles. The number of rotatable bonds is 4. The van der Waals surface area contributed by atoms with E-state index < -0.39 is 12.0 Å². The number of hydrogen-bond acceptors (Lipinski definition) is 5. The lowest BCUT2D eigenvalue weighted by Gasteiger charge is -2.10. The van der Waals surface area contributed by atoms with Crippen molar-refractivity contribution in [1.82, 2.24) is 19.5 Å². The SMILES string of the molecule is FC(F)(F)c1nc(NC2CC2)c2ncn(Cc3cccs3)c2n1. The molecule has 3 aromatic heterocycles. The predicted octanol–water partition coefficient (Wildman–Crippen LogP) is 3.53. The number of hydrogen-bond donors (Lipinski definition) is 1. The highest BCUT2D eigenvalue weighted by Crippen LogP contribution is 2.32. The van der Waals surface area contributed by atoms with Crippen molar-refractivity contribution in [2.75, 3.05) is 5.32 Å². The molecule has 23 heavy (non-hydrogen) atoms. The second kappa shape index (κ2) is 5.19. The van der Waals surface area contributed by atoms with E-state index in [-0.39, 0.29) is 17.5 Å². The predicted molar refractivity (Wildman–Crippen MR) is 80.4 cm³/mol. The summed E-state index contributed by atoms with van der Waals surface area (Å²) >= 11 is 1.53. The van der Waals surface area contributed by atoms with Gasteiger partial charge in [0.05, 0.1) is 12.9 Å². The second-order valence-electron chi connectivity index (χ2n) is 5.44. The Morgan fingerprint density at radius 1 is 1.30 bits per heavy atom. The Kier molecular flexibility index (Phi) is 3.26. The summed E-state index contributed by atoms with van der Waals surface area (Å²) in [5.41, 5.74) is 0.574. The smallest absolute Gasteiger partial charge is 0.365 e. The molecule has 1 fully saturated rings. The first kappa shape index (κ1) is 14.4. The highest BCUT2D eigenvalue weighted by atomic mass is 32.1. The molecule has 5 nitrogen and oxygen atoms in total. The Bertz CT molecular complexity index is 836.